The van der Waals surface area contributed by atoms with E-state index in [0.29, 0.717) is 11.1 Å². The molecular weight excluding hydrogens is 256 g/mol. The number of rotatable bonds is 5. The van der Waals surface area contributed by atoms with Crippen LogP contribution in [0.1, 0.15) is 34.0 Å². The minimum atomic E-state index is -1.06. The van der Waals surface area contributed by atoms with Crippen molar-refractivity contribution in [3.8, 4) is 0 Å². The molecule has 0 saturated heterocycles. The maximum Gasteiger partial charge on any atom is 0.338 e. The maximum absolute atomic E-state index is 11.5. The van der Waals surface area contributed by atoms with E-state index in [1.54, 1.807) is 19.1 Å². The number of esters is 1. The summed E-state index contributed by atoms with van der Waals surface area (Å²) in [6.45, 7) is 1.78. The van der Waals surface area contributed by atoms with Crippen molar-refractivity contribution < 1.29 is 19.7 Å². The van der Waals surface area contributed by atoms with Gasteiger partial charge in [0.2, 0.25) is 0 Å². The second-order valence-electron chi connectivity index (χ2n) is 4.06. The van der Waals surface area contributed by atoms with Gasteiger partial charge in [-0.1, -0.05) is 12.1 Å². The number of aryl methyl sites for hydroxylation is 1. The number of methoxy groups -OCH3 is 1. The summed E-state index contributed by atoms with van der Waals surface area (Å²) >= 11 is 5.51. The number of halogens is 1. The molecule has 0 heterocycles. The Hall–Kier alpha value is -1.10. The summed E-state index contributed by atoms with van der Waals surface area (Å²) in [5.74, 6) is -0.207. The number of alkyl halides is 1. The number of benzene rings is 1. The molecule has 0 fully saturated rings. The first-order valence-corrected chi connectivity index (χ1v) is 6.15. The lowest BCUT2D eigenvalue weighted by atomic mass is 9.98. The van der Waals surface area contributed by atoms with Gasteiger partial charge >= 0.3 is 5.97 Å². The normalized spacial score (nSPS) is 14.1. The van der Waals surface area contributed by atoms with Gasteiger partial charge in [-0.25, -0.2) is 4.79 Å². The second kappa shape index (κ2) is 6.73. The van der Waals surface area contributed by atoms with Crippen molar-refractivity contribution in [2.24, 2.45) is 0 Å². The lowest BCUT2D eigenvalue weighted by molar-refractivity contribution is 0.0169. The molecule has 0 saturated carbocycles. The molecule has 0 spiro atoms. The Balaban J connectivity index is 3.00. The molecule has 0 aliphatic heterocycles. The minimum absolute atomic E-state index is 0.258. The van der Waals surface area contributed by atoms with Gasteiger partial charge in [-0.15, -0.1) is 11.6 Å². The summed E-state index contributed by atoms with van der Waals surface area (Å²) in [5, 5.41) is 19.6. The molecule has 0 bridgehead atoms. The zero-order valence-corrected chi connectivity index (χ0v) is 11.1. The molecule has 0 aromatic heterocycles. The molecule has 2 atom stereocenters. The van der Waals surface area contributed by atoms with Crippen LogP contribution in [-0.4, -0.2) is 35.3 Å². The molecule has 0 amide bonds. The average molecular weight is 273 g/mol. The monoisotopic (exact) mass is 272 g/mol. The number of aliphatic hydroxyl groups is 2. The van der Waals surface area contributed by atoms with E-state index >= 15 is 0 Å². The lowest BCUT2D eigenvalue weighted by Crippen LogP contribution is -2.19. The Morgan fingerprint density at radius 2 is 2.11 bits per heavy atom. The van der Waals surface area contributed by atoms with E-state index < -0.39 is 18.2 Å². The van der Waals surface area contributed by atoms with Crippen LogP contribution in [0, 0.1) is 6.92 Å². The standard InChI is InChI=1S/C13H17ClO4/c1-8-3-4-9(7-10(8)13(17)18-2)12(16)11(15)5-6-14/h3-4,7,11-12,15-16H,5-6H2,1-2H3. The highest BCUT2D eigenvalue weighted by Gasteiger charge is 2.20. The van der Waals surface area contributed by atoms with Crippen LogP contribution in [0.2, 0.25) is 0 Å². The number of carbonyl (C=O) groups excluding carboxylic acids is 1. The van der Waals surface area contributed by atoms with Gasteiger partial charge in [0.25, 0.3) is 0 Å². The second-order valence-corrected chi connectivity index (χ2v) is 4.43. The van der Waals surface area contributed by atoms with E-state index in [-0.39, 0.29) is 12.3 Å². The lowest BCUT2D eigenvalue weighted by Gasteiger charge is -2.18. The molecule has 2 N–H and O–H groups in total. The summed E-state index contributed by atoms with van der Waals surface area (Å²) in [7, 11) is 1.30. The summed E-state index contributed by atoms with van der Waals surface area (Å²) < 4.78 is 4.66. The van der Waals surface area contributed by atoms with Gasteiger partial charge in [-0.2, -0.15) is 0 Å². The molecule has 1 rings (SSSR count). The van der Waals surface area contributed by atoms with E-state index in [9.17, 15) is 15.0 Å². The SMILES string of the molecule is COC(=O)c1cc(C(O)C(O)CCCl)ccc1C. The highest BCUT2D eigenvalue weighted by Crippen LogP contribution is 2.22. The maximum atomic E-state index is 11.5. The average Bonchev–Trinajstić information content (AvgIpc) is 2.38. The molecule has 0 aliphatic rings. The van der Waals surface area contributed by atoms with E-state index in [2.05, 4.69) is 4.74 Å². The number of hydrogen-bond acceptors (Lipinski definition) is 4. The van der Waals surface area contributed by atoms with Crippen LogP contribution in [0.25, 0.3) is 0 Å². The first-order valence-electron chi connectivity index (χ1n) is 5.62. The molecule has 4 nitrogen and oxygen atoms in total. The van der Waals surface area contributed by atoms with Crippen LogP contribution in [0.15, 0.2) is 18.2 Å². The summed E-state index contributed by atoms with van der Waals surface area (Å²) in [6, 6.07) is 4.91. The number of carbonyl (C=O) groups is 1. The molecule has 0 radical (unpaired) electrons. The molecule has 18 heavy (non-hydrogen) atoms. The predicted octanol–water partition coefficient (Wildman–Crippen LogP) is 1.80. The number of aliphatic hydroxyl groups excluding tert-OH is 2. The highest BCUT2D eigenvalue weighted by molar-refractivity contribution is 6.17. The van der Waals surface area contributed by atoms with E-state index in [4.69, 9.17) is 11.6 Å². The highest BCUT2D eigenvalue weighted by atomic mass is 35.5. The van der Waals surface area contributed by atoms with Crippen molar-refractivity contribution in [3.63, 3.8) is 0 Å². The van der Waals surface area contributed by atoms with Crippen LogP contribution in [-0.2, 0) is 4.74 Å². The van der Waals surface area contributed by atoms with E-state index in [0.717, 1.165) is 5.56 Å². The largest absolute Gasteiger partial charge is 0.465 e. The molecule has 2 unspecified atom stereocenters. The fourth-order valence-electron chi connectivity index (χ4n) is 1.65. The number of hydrogen-bond donors (Lipinski definition) is 2. The number of ether oxygens (including phenoxy) is 1. The third-order valence-corrected chi connectivity index (χ3v) is 3.00. The van der Waals surface area contributed by atoms with Crippen LogP contribution in [0.3, 0.4) is 0 Å². The Bertz CT molecular complexity index is 419. The van der Waals surface area contributed by atoms with Crippen molar-refractivity contribution in [1.29, 1.82) is 0 Å². The van der Waals surface area contributed by atoms with Gasteiger partial charge in [0, 0.05) is 5.88 Å². The van der Waals surface area contributed by atoms with Gasteiger partial charge in [-0.3, -0.25) is 0 Å². The Morgan fingerprint density at radius 1 is 1.44 bits per heavy atom. The van der Waals surface area contributed by atoms with Crippen LogP contribution in [0.5, 0.6) is 0 Å². The van der Waals surface area contributed by atoms with Crippen LogP contribution >= 0.6 is 11.6 Å². The Morgan fingerprint density at radius 3 is 2.67 bits per heavy atom. The first-order chi connectivity index (χ1) is 8.51. The first kappa shape index (κ1) is 15.0. The molecule has 5 heteroatoms. The molecule has 0 aliphatic carbocycles. The van der Waals surface area contributed by atoms with Crippen LogP contribution < -0.4 is 0 Å². The molecular formula is C13H17ClO4. The van der Waals surface area contributed by atoms with Crippen molar-refractivity contribution in [1.82, 2.24) is 0 Å². The van der Waals surface area contributed by atoms with Gasteiger partial charge in [0.05, 0.1) is 18.8 Å². The summed E-state index contributed by atoms with van der Waals surface area (Å²) in [5.41, 5.74) is 1.61. The van der Waals surface area contributed by atoms with Crippen LogP contribution in [0.4, 0.5) is 0 Å². The topological polar surface area (TPSA) is 66.8 Å². The minimum Gasteiger partial charge on any atom is -0.465 e. The fourth-order valence-corrected chi connectivity index (χ4v) is 1.87. The van der Waals surface area contributed by atoms with Crippen molar-refractivity contribution >= 4 is 17.6 Å². The zero-order chi connectivity index (χ0) is 13.7. The van der Waals surface area contributed by atoms with E-state index in [1.807, 2.05) is 0 Å². The van der Waals surface area contributed by atoms with Crippen molar-refractivity contribution in [3.05, 3.63) is 34.9 Å². The predicted molar refractivity (Wildman–Crippen MR) is 68.8 cm³/mol. The molecule has 1 aromatic carbocycles. The quantitative estimate of drug-likeness (QED) is 0.634. The summed E-state index contributed by atoms with van der Waals surface area (Å²) in [6.07, 6.45) is -1.73. The smallest absolute Gasteiger partial charge is 0.338 e. The van der Waals surface area contributed by atoms with Gasteiger partial charge in [-0.05, 0) is 30.5 Å². The third kappa shape index (κ3) is 3.45. The molecule has 1 aromatic rings. The van der Waals surface area contributed by atoms with Crippen molar-refractivity contribution in [2.45, 2.75) is 25.6 Å². The van der Waals surface area contributed by atoms with Gasteiger partial charge < -0.3 is 14.9 Å². The van der Waals surface area contributed by atoms with Gasteiger partial charge in [0.1, 0.15) is 6.10 Å². The van der Waals surface area contributed by atoms with Crippen molar-refractivity contribution in [2.75, 3.05) is 13.0 Å². The van der Waals surface area contributed by atoms with Gasteiger partial charge in [0.15, 0.2) is 0 Å². The fraction of sp³-hybridized carbons (Fsp3) is 0.462. The summed E-state index contributed by atoms with van der Waals surface area (Å²) in [4.78, 5) is 11.5. The Labute approximate surface area is 111 Å². The van der Waals surface area contributed by atoms with E-state index in [1.165, 1.54) is 13.2 Å². The third-order valence-electron chi connectivity index (χ3n) is 2.78. The Kier molecular flexibility index (Phi) is 5.59. The molecule has 100 valence electrons. The zero-order valence-electron chi connectivity index (χ0n) is 10.4.